The highest BCUT2D eigenvalue weighted by molar-refractivity contribution is 6.39. The molecule has 1 fully saturated rings. The summed E-state index contributed by atoms with van der Waals surface area (Å²) in [7, 11) is 0. The quantitative estimate of drug-likeness (QED) is 0.816. The molecule has 0 saturated carbocycles. The Hall–Kier alpha value is -1.89. The number of rotatable bonds is 2. The highest BCUT2D eigenvalue weighted by atomic mass is 16.5. The second-order valence-corrected chi connectivity index (χ2v) is 4.94. The molecule has 2 amide bonds. The molecule has 0 aromatic carbocycles. The maximum absolute atomic E-state index is 12.2. The van der Waals surface area contributed by atoms with Gasteiger partial charge >= 0.3 is 11.8 Å². The van der Waals surface area contributed by atoms with Crippen molar-refractivity contribution in [3.63, 3.8) is 0 Å². The summed E-state index contributed by atoms with van der Waals surface area (Å²) in [6.45, 7) is 6.43. The first-order valence-electron chi connectivity index (χ1n) is 6.68. The van der Waals surface area contributed by atoms with Crippen LogP contribution in [-0.2, 0) is 14.3 Å². The van der Waals surface area contributed by atoms with Crippen LogP contribution in [0.15, 0.2) is 10.6 Å². The molecule has 0 radical (unpaired) electrons. The van der Waals surface area contributed by atoms with Gasteiger partial charge in [0.25, 0.3) is 0 Å². The molecular weight excluding hydrogens is 262 g/mol. The number of carbonyl (C=O) groups excluding carboxylic acids is 2. The number of hydrogen-bond acceptors (Lipinski definition) is 5. The van der Waals surface area contributed by atoms with E-state index in [1.165, 1.54) is 0 Å². The number of nitrogens with zero attached hydrogens (tertiary/aromatic N) is 2. The number of aryl methyl sites for hydroxylation is 1. The highest BCUT2D eigenvalue weighted by Crippen LogP contribution is 2.15. The van der Waals surface area contributed by atoms with Gasteiger partial charge in [-0.25, -0.2) is 0 Å². The SMILES string of the molecule is CC[C@H]1CO[C@@H](C)CN1C(=O)C(=O)Nc1cc(C)on1. The van der Waals surface area contributed by atoms with Gasteiger partial charge in [-0.1, -0.05) is 12.1 Å². The second kappa shape index (κ2) is 6.04. The third-order valence-electron chi connectivity index (χ3n) is 3.26. The maximum Gasteiger partial charge on any atom is 0.315 e. The monoisotopic (exact) mass is 281 g/mol. The number of hydrogen-bond donors (Lipinski definition) is 1. The van der Waals surface area contributed by atoms with Crippen LogP contribution < -0.4 is 5.32 Å². The van der Waals surface area contributed by atoms with Gasteiger partial charge in [0.15, 0.2) is 5.82 Å². The average Bonchev–Trinajstić information content (AvgIpc) is 2.83. The molecule has 0 bridgehead atoms. The van der Waals surface area contributed by atoms with Crippen molar-refractivity contribution in [3.05, 3.63) is 11.8 Å². The molecule has 1 N–H and O–H groups in total. The third-order valence-corrected chi connectivity index (χ3v) is 3.26. The number of ether oxygens (including phenoxy) is 1. The molecule has 0 aliphatic carbocycles. The second-order valence-electron chi connectivity index (χ2n) is 4.94. The largest absolute Gasteiger partial charge is 0.375 e. The summed E-state index contributed by atoms with van der Waals surface area (Å²) in [5.41, 5.74) is 0. The molecule has 110 valence electrons. The average molecular weight is 281 g/mol. The molecule has 2 atom stereocenters. The molecule has 2 heterocycles. The Kier molecular flexibility index (Phi) is 4.39. The van der Waals surface area contributed by atoms with E-state index in [4.69, 9.17) is 9.26 Å². The first-order chi connectivity index (χ1) is 9.51. The van der Waals surface area contributed by atoms with E-state index < -0.39 is 11.8 Å². The molecule has 20 heavy (non-hydrogen) atoms. The molecule has 1 saturated heterocycles. The van der Waals surface area contributed by atoms with Crippen molar-refractivity contribution < 1.29 is 18.8 Å². The highest BCUT2D eigenvalue weighted by Gasteiger charge is 2.33. The lowest BCUT2D eigenvalue weighted by Gasteiger charge is -2.37. The number of nitrogens with one attached hydrogen (secondary N) is 1. The number of aromatic nitrogens is 1. The topological polar surface area (TPSA) is 84.7 Å². The van der Waals surface area contributed by atoms with E-state index in [9.17, 15) is 9.59 Å². The van der Waals surface area contributed by atoms with Crippen molar-refractivity contribution in [1.29, 1.82) is 0 Å². The van der Waals surface area contributed by atoms with E-state index in [0.717, 1.165) is 6.42 Å². The zero-order valence-corrected chi connectivity index (χ0v) is 11.9. The number of morpholine rings is 1. The van der Waals surface area contributed by atoms with E-state index in [2.05, 4.69) is 10.5 Å². The van der Waals surface area contributed by atoms with Crippen molar-refractivity contribution >= 4 is 17.6 Å². The Morgan fingerprint density at radius 2 is 2.30 bits per heavy atom. The van der Waals surface area contributed by atoms with Gasteiger partial charge in [0.1, 0.15) is 5.76 Å². The fraction of sp³-hybridized carbons (Fsp3) is 0.615. The van der Waals surface area contributed by atoms with Gasteiger partial charge in [-0.3, -0.25) is 14.9 Å². The van der Waals surface area contributed by atoms with Crippen LogP contribution in [0, 0.1) is 6.92 Å². The Balaban J connectivity index is 2.02. The predicted molar refractivity (Wildman–Crippen MR) is 71.1 cm³/mol. The van der Waals surface area contributed by atoms with Crippen molar-refractivity contribution in [2.45, 2.75) is 39.3 Å². The first kappa shape index (κ1) is 14.5. The van der Waals surface area contributed by atoms with Crippen molar-refractivity contribution in [1.82, 2.24) is 10.1 Å². The van der Waals surface area contributed by atoms with Gasteiger partial charge in [0.2, 0.25) is 0 Å². The van der Waals surface area contributed by atoms with Crippen molar-refractivity contribution in [3.8, 4) is 0 Å². The maximum atomic E-state index is 12.2. The predicted octanol–water partition coefficient (Wildman–Crippen LogP) is 0.947. The van der Waals surface area contributed by atoms with Gasteiger partial charge in [0, 0.05) is 12.6 Å². The molecule has 0 unspecified atom stereocenters. The fourth-order valence-electron chi connectivity index (χ4n) is 2.16. The van der Waals surface area contributed by atoms with Gasteiger partial charge in [-0.15, -0.1) is 0 Å². The van der Waals surface area contributed by atoms with Crippen molar-refractivity contribution in [2.24, 2.45) is 0 Å². The minimum Gasteiger partial charge on any atom is -0.375 e. The van der Waals surface area contributed by atoms with Crippen LogP contribution in [-0.4, -0.2) is 47.2 Å². The van der Waals surface area contributed by atoms with Crippen LogP contribution in [0.1, 0.15) is 26.0 Å². The summed E-state index contributed by atoms with van der Waals surface area (Å²) in [6.07, 6.45) is 0.679. The van der Waals surface area contributed by atoms with E-state index in [0.29, 0.717) is 18.9 Å². The van der Waals surface area contributed by atoms with Gasteiger partial charge < -0.3 is 14.2 Å². The first-order valence-corrected chi connectivity index (χ1v) is 6.68. The summed E-state index contributed by atoms with van der Waals surface area (Å²) in [4.78, 5) is 25.8. The normalized spacial score (nSPS) is 22.6. The van der Waals surface area contributed by atoms with E-state index >= 15 is 0 Å². The van der Waals surface area contributed by atoms with Crippen LogP contribution in [0.2, 0.25) is 0 Å². The van der Waals surface area contributed by atoms with Crippen molar-refractivity contribution in [2.75, 3.05) is 18.5 Å². The molecule has 7 nitrogen and oxygen atoms in total. The lowest BCUT2D eigenvalue weighted by Crippen LogP contribution is -2.54. The Morgan fingerprint density at radius 1 is 1.55 bits per heavy atom. The number of amides is 2. The van der Waals surface area contributed by atoms with Crippen LogP contribution >= 0.6 is 0 Å². The minimum absolute atomic E-state index is 0.0659. The van der Waals surface area contributed by atoms with E-state index in [-0.39, 0.29) is 18.0 Å². The summed E-state index contributed by atoms with van der Waals surface area (Å²) in [5.74, 6) is -0.451. The summed E-state index contributed by atoms with van der Waals surface area (Å²) in [5, 5.41) is 6.08. The Bertz CT molecular complexity index is 500. The summed E-state index contributed by atoms with van der Waals surface area (Å²) >= 11 is 0. The van der Waals surface area contributed by atoms with Gasteiger partial charge in [-0.05, 0) is 20.3 Å². The third kappa shape index (κ3) is 3.16. The van der Waals surface area contributed by atoms with Crippen LogP contribution in [0.25, 0.3) is 0 Å². The van der Waals surface area contributed by atoms with Gasteiger partial charge in [0.05, 0.1) is 18.8 Å². The lowest BCUT2D eigenvalue weighted by atomic mass is 10.1. The fourth-order valence-corrected chi connectivity index (χ4v) is 2.16. The summed E-state index contributed by atoms with van der Waals surface area (Å²) in [6, 6.07) is 1.49. The van der Waals surface area contributed by atoms with Crippen LogP contribution in [0.5, 0.6) is 0 Å². The van der Waals surface area contributed by atoms with E-state index in [1.54, 1.807) is 17.9 Å². The molecule has 2 rings (SSSR count). The zero-order valence-electron chi connectivity index (χ0n) is 11.9. The standard InChI is InChI=1S/C13H19N3O4/c1-4-10-7-19-9(3)6-16(10)13(18)12(17)14-11-5-8(2)20-15-11/h5,9-10H,4,6-7H2,1-3H3,(H,14,15,17)/t9-,10-/m0/s1. The van der Waals surface area contributed by atoms with Crippen LogP contribution in [0.4, 0.5) is 5.82 Å². The minimum atomic E-state index is -0.703. The molecule has 0 spiro atoms. The number of carbonyl (C=O) groups is 2. The molecule has 1 aliphatic rings. The van der Waals surface area contributed by atoms with Gasteiger partial charge in [-0.2, -0.15) is 0 Å². The van der Waals surface area contributed by atoms with Crippen LogP contribution in [0.3, 0.4) is 0 Å². The molecule has 1 aromatic heterocycles. The zero-order chi connectivity index (χ0) is 14.7. The molecule has 1 aromatic rings. The smallest absolute Gasteiger partial charge is 0.315 e. The molecular formula is C13H19N3O4. The molecule has 1 aliphatic heterocycles. The Labute approximate surface area is 117 Å². The molecule has 7 heteroatoms. The Morgan fingerprint density at radius 3 is 2.90 bits per heavy atom. The lowest BCUT2D eigenvalue weighted by molar-refractivity contribution is -0.152. The van der Waals surface area contributed by atoms with E-state index in [1.807, 2.05) is 13.8 Å². The summed E-state index contributed by atoms with van der Waals surface area (Å²) < 4.78 is 10.4. The number of anilines is 1.